The first-order chi connectivity index (χ1) is 8.20. The first-order valence-electron chi connectivity index (χ1n) is 5.22. The number of hydrogen-bond donors (Lipinski definition) is 1. The first kappa shape index (κ1) is 16.6. The number of aliphatic hydroxyl groups is 1. The molecule has 18 heavy (non-hydrogen) atoms. The Kier molecular flexibility index (Phi) is 5.86. The second-order valence-corrected chi connectivity index (χ2v) is 14.4. The first-order valence-corrected chi connectivity index (χ1v) is 9.08. The third-order valence-electron chi connectivity index (χ3n) is 2.60. The van der Waals surface area contributed by atoms with E-state index < -0.39 is 11.3 Å². The lowest BCUT2D eigenvalue weighted by molar-refractivity contribution is 0.278. The molecule has 0 fully saturated rings. The van der Waals surface area contributed by atoms with Crippen molar-refractivity contribution < 1.29 is 13.5 Å². The van der Waals surface area contributed by atoms with E-state index in [0.717, 1.165) is 5.56 Å². The van der Waals surface area contributed by atoms with Gasteiger partial charge in [0, 0.05) is 6.61 Å². The summed E-state index contributed by atoms with van der Waals surface area (Å²) in [5.41, 5.74) is 0.891. The minimum atomic E-state index is -3.56. The van der Waals surface area contributed by atoms with Crippen LogP contribution in [0.1, 0.15) is 24.8 Å². The van der Waals surface area contributed by atoms with Crippen LogP contribution in [0.15, 0.2) is 29.2 Å². The number of aliphatic hydroxyl groups excluding tert-OH is 1. The molecule has 0 aromatic heterocycles. The molecule has 1 unspecified atom stereocenters. The summed E-state index contributed by atoms with van der Waals surface area (Å²) in [6, 6.07) is 6.74. The summed E-state index contributed by atoms with van der Waals surface area (Å²) in [5, 5.41) is 8.92. The second kappa shape index (κ2) is 6.35. The number of alkyl halides is 3. The molecule has 0 aliphatic carbocycles. The Hall–Kier alpha value is 0.570. The Labute approximate surface area is 132 Å². The number of rotatable bonds is 4. The topological polar surface area (TPSA) is 54.4 Å². The molecule has 1 N–H and O–H groups in total. The minimum Gasteiger partial charge on any atom is -0.396 e. The fraction of sp³-hybridized carbons (Fsp3) is 0.455. The van der Waals surface area contributed by atoms with E-state index in [2.05, 4.69) is 47.8 Å². The van der Waals surface area contributed by atoms with Crippen LogP contribution in [-0.4, -0.2) is 21.6 Å². The second-order valence-electron chi connectivity index (χ2n) is 3.93. The largest absolute Gasteiger partial charge is 0.396 e. The highest BCUT2D eigenvalue weighted by Gasteiger charge is 2.37. The van der Waals surface area contributed by atoms with Crippen molar-refractivity contribution in [3.05, 3.63) is 29.8 Å². The number of hydrogen-bond acceptors (Lipinski definition) is 3. The van der Waals surface area contributed by atoms with Crippen LogP contribution in [-0.2, 0) is 9.84 Å². The predicted octanol–water partition coefficient (Wildman–Crippen LogP) is 3.74. The van der Waals surface area contributed by atoms with Gasteiger partial charge in [-0.15, -0.1) is 0 Å². The number of benzene rings is 1. The Morgan fingerprint density at radius 2 is 1.94 bits per heavy atom. The molecule has 102 valence electrons. The zero-order valence-electron chi connectivity index (χ0n) is 9.61. The molecule has 0 heterocycles. The van der Waals surface area contributed by atoms with E-state index in [1.807, 2.05) is 13.0 Å². The van der Waals surface area contributed by atoms with Crippen LogP contribution in [0.3, 0.4) is 0 Å². The maximum atomic E-state index is 12.2. The van der Waals surface area contributed by atoms with E-state index in [1.165, 1.54) is 0 Å². The molecule has 0 bridgehead atoms. The molecule has 0 aliphatic rings. The van der Waals surface area contributed by atoms with Crippen LogP contribution in [0.2, 0.25) is 0 Å². The maximum Gasteiger partial charge on any atom is 0.239 e. The summed E-state index contributed by atoms with van der Waals surface area (Å²) in [4.78, 5) is 0.218. The van der Waals surface area contributed by atoms with Gasteiger partial charge in [-0.3, -0.25) is 0 Å². The SMILES string of the molecule is CC(CCO)c1cccc(S(=O)(=O)C(Br)(Br)Br)c1. The highest BCUT2D eigenvalue weighted by molar-refractivity contribution is 9.42. The highest BCUT2D eigenvalue weighted by atomic mass is 80.0. The van der Waals surface area contributed by atoms with Gasteiger partial charge in [-0.25, -0.2) is 8.42 Å². The van der Waals surface area contributed by atoms with E-state index in [1.54, 1.807) is 18.2 Å². The lowest BCUT2D eigenvalue weighted by Crippen LogP contribution is -2.18. The summed E-state index contributed by atoms with van der Waals surface area (Å²) in [7, 11) is -3.56. The molecular formula is C11H13Br3O3S. The predicted molar refractivity (Wildman–Crippen MR) is 83.3 cm³/mol. The van der Waals surface area contributed by atoms with Gasteiger partial charge in [0.1, 0.15) is 0 Å². The van der Waals surface area contributed by atoms with Crippen molar-refractivity contribution >= 4 is 57.6 Å². The molecule has 0 aliphatic heterocycles. The molecule has 7 heteroatoms. The molecule has 0 amide bonds. The van der Waals surface area contributed by atoms with Gasteiger partial charge in [-0.05, 0) is 77.8 Å². The van der Waals surface area contributed by atoms with Crippen molar-refractivity contribution in [1.29, 1.82) is 0 Å². The van der Waals surface area contributed by atoms with Crippen molar-refractivity contribution in [2.75, 3.05) is 6.61 Å². The molecule has 0 radical (unpaired) electrons. The third kappa shape index (κ3) is 3.79. The van der Waals surface area contributed by atoms with E-state index in [-0.39, 0.29) is 17.4 Å². The summed E-state index contributed by atoms with van der Waals surface area (Å²) in [6.07, 6.45) is 0.603. The van der Waals surface area contributed by atoms with Crippen LogP contribution >= 0.6 is 47.8 Å². The summed E-state index contributed by atoms with van der Waals surface area (Å²) in [6.45, 7) is 2.03. The Morgan fingerprint density at radius 1 is 1.33 bits per heavy atom. The van der Waals surface area contributed by atoms with Gasteiger partial charge in [0.2, 0.25) is 11.3 Å². The smallest absolute Gasteiger partial charge is 0.239 e. The van der Waals surface area contributed by atoms with Crippen molar-refractivity contribution in [3.8, 4) is 0 Å². The van der Waals surface area contributed by atoms with Crippen LogP contribution in [0.5, 0.6) is 0 Å². The normalized spacial score (nSPS) is 14.5. The van der Waals surface area contributed by atoms with Crippen molar-refractivity contribution in [1.82, 2.24) is 0 Å². The van der Waals surface area contributed by atoms with E-state index in [0.29, 0.717) is 6.42 Å². The maximum absolute atomic E-state index is 12.2. The standard InChI is InChI=1S/C11H13Br3O3S/c1-8(5-6-15)9-3-2-4-10(7-9)18(16,17)11(12,13)14/h2-4,7-8,15H,5-6H2,1H3. The molecule has 1 aromatic carbocycles. The average Bonchev–Trinajstić information content (AvgIpc) is 2.28. The van der Waals surface area contributed by atoms with Gasteiger partial charge in [0.15, 0.2) is 0 Å². The van der Waals surface area contributed by atoms with Gasteiger partial charge in [-0.2, -0.15) is 0 Å². The van der Waals surface area contributed by atoms with Crippen molar-refractivity contribution in [2.24, 2.45) is 0 Å². The van der Waals surface area contributed by atoms with Gasteiger partial charge >= 0.3 is 0 Å². The van der Waals surface area contributed by atoms with E-state index in [4.69, 9.17) is 5.11 Å². The minimum absolute atomic E-state index is 0.0808. The molecule has 0 saturated carbocycles. The van der Waals surface area contributed by atoms with Gasteiger partial charge in [0.25, 0.3) is 0 Å². The summed E-state index contributed by atoms with van der Waals surface area (Å²) >= 11 is 9.10. The molecule has 1 rings (SSSR count). The Bertz CT molecular complexity index is 509. The van der Waals surface area contributed by atoms with E-state index >= 15 is 0 Å². The quantitative estimate of drug-likeness (QED) is 0.690. The monoisotopic (exact) mass is 462 g/mol. The zero-order valence-corrected chi connectivity index (χ0v) is 15.2. The van der Waals surface area contributed by atoms with Crippen LogP contribution in [0.4, 0.5) is 0 Å². The van der Waals surface area contributed by atoms with Gasteiger partial charge < -0.3 is 5.11 Å². The molecular weight excluding hydrogens is 452 g/mol. The lowest BCUT2D eigenvalue weighted by atomic mass is 9.98. The Morgan fingerprint density at radius 3 is 2.44 bits per heavy atom. The molecule has 1 atom stereocenters. The van der Waals surface area contributed by atoms with Crippen LogP contribution < -0.4 is 0 Å². The van der Waals surface area contributed by atoms with Gasteiger partial charge in [0.05, 0.1) is 4.90 Å². The fourth-order valence-corrected chi connectivity index (χ4v) is 3.98. The lowest BCUT2D eigenvalue weighted by Gasteiger charge is -2.16. The number of sulfone groups is 1. The van der Waals surface area contributed by atoms with Crippen LogP contribution in [0, 0.1) is 0 Å². The third-order valence-corrected chi connectivity index (χ3v) is 7.92. The molecule has 0 spiro atoms. The molecule has 3 nitrogen and oxygen atoms in total. The number of halogens is 3. The molecule has 1 aromatic rings. The Balaban J connectivity index is 3.18. The fourth-order valence-electron chi connectivity index (χ4n) is 1.48. The van der Waals surface area contributed by atoms with Crippen molar-refractivity contribution in [3.63, 3.8) is 0 Å². The average molecular weight is 465 g/mol. The van der Waals surface area contributed by atoms with Crippen molar-refractivity contribution in [2.45, 2.75) is 25.6 Å². The highest BCUT2D eigenvalue weighted by Crippen LogP contribution is 2.43. The summed E-state index contributed by atoms with van der Waals surface area (Å²) < 4.78 is 23.0. The van der Waals surface area contributed by atoms with E-state index in [9.17, 15) is 8.42 Å². The van der Waals surface area contributed by atoms with Gasteiger partial charge in [-0.1, -0.05) is 19.1 Å². The molecule has 0 saturated heterocycles. The zero-order chi connectivity index (χ0) is 14.0. The summed E-state index contributed by atoms with van der Waals surface area (Å²) in [5.74, 6) is 0.112. The van der Waals surface area contributed by atoms with Crippen LogP contribution in [0.25, 0.3) is 0 Å².